The number of nitrogens with zero attached hydrogens (tertiary/aromatic N) is 2. The van der Waals surface area contributed by atoms with E-state index < -0.39 is 0 Å². The fourth-order valence-corrected chi connectivity index (χ4v) is 4.34. The molecule has 0 bridgehead atoms. The third-order valence-electron chi connectivity index (χ3n) is 6.11. The van der Waals surface area contributed by atoms with Crippen LogP contribution in [0, 0.1) is 17.2 Å². The van der Waals surface area contributed by atoms with Gasteiger partial charge in [0.1, 0.15) is 11.9 Å². The third kappa shape index (κ3) is 3.68. The number of anilines is 1. The Hall–Kier alpha value is -2.13. The molecule has 2 N–H and O–H groups in total. The Morgan fingerprint density at radius 1 is 1.38 bits per heavy atom. The Balaban J connectivity index is 1.14. The highest BCUT2D eigenvalue weighted by Gasteiger charge is 2.45. The van der Waals surface area contributed by atoms with Crippen molar-refractivity contribution in [3.8, 4) is 6.07 Å². The Morgan fingerprint density at radius 2 is 2.23 bits per heavy atom. The van der Waals surface area contributed by atoms with Crippen LogP contribution in [0.5, 0.6) is 0 Å². The van der Waals surface area contributed by atoms with Crippen molar-refractivity contribution in [2.45, 2.75) is 69.1 Å². The number of ether oxygens (including phenoxy) is 1. The van der Waals surface area contributed by atoms with Crippen molar-refractivity contribution in [2.75, 3.05) is 11.9 Å². The number of hydrogen-bond donors (Lipinski definition) is 2. The number of nitriles is 1. The minimum Gasteiger partial charge on any atom is -0.371 e. The zero-order valence-electron chi connectivity index (χ0n) is 15.0. The fourth-order valence-electron chi connectivity index (χ4n) is 4.34. The van der Waals surface area contributed by atoms with Crippen molar-refractivity contribution in [3.63, 3.8) is 0 Å². The van der Waals surface area contributed by atoms with Crippen LogP contribution in [0.3, 0.4) is 0 Å². The first kappa shape index (κ1) is 17.3. The van der Waals surface area contributed by atoms with Crippen LogP contribution in [-0.2, 0) is 9.53 Å². The molecule has 1 saturated heterocycles. The van der Waals surface area contributed by atoms with Crippen LogP contribution < -0.4 is 10.6 Å². The molecule has 3 aliphatic rings. The van der Waals surface area contributed by atoms with Crippen molar-refractivity contribution in [3.05, 3.63) is 23.9 Å². The van der Waals surface area contributed by atoms with Gasteiger partial charge in [0.25, 0.3) is 0 Å². The van der Waals surface area contributed by atoms with Gasteiger partial charge in [-0.1, -0.05) is 0 Å². The van der Waals surface area contributed by atoms with E-state index in [-0.39, 0.29) is 17.6 Å². The van der Waals surface area contributed by atoms with Crippen molar-refractivity contribution >= 4 is 11.7 Å². The molecule has 3 fully saturated rings. The van der Waals surface area contributed by atoms with E-state index in [0.29, 0.717) is 29.8 Å². The molecule has 1 unspecified atom stereocenters. The highest BCUT2D eigenvalue weighted by Crippen LogP contribution is 2.46. The zero-order valence-corrected chi connectivity index (χ0v) is 15.0. The van der Waals surface area contributed by atoms with Crippen molar-refractivity contribution < 1.29 is 9.53 Å². The number of pyridine rings is 1. The van der Waals surface area contributed by atoms with Gasteiger partial charge in [-0.15, -0.1) is 0 Å². The molecule has 2 aliphatic carbocycles. The summed E-state index contributed by atoms with van der Waals surface area (Å²) in [6, 6.07) is 6.02. The quantitative estimate of drug-likeness (QED) is 0.820. The molecule has 2 heterocycles. The number of carbonyl (C=O) groups is 1. The molecule has 0 radical (unpaired) electrons. The van der Waals surface area contributed by atoms with Crippen molar-refractivity contribution in [1.82, 2.24) is 10.3 Å². The molecule has 1 aromatic heterocycles. The van der Waals surface area contributed by atoms with Gasteiger partial charge in [0.2, 0.25) is 5.91 Å². The van der Waals surface area contributed by atoms with Crippen LogP contribution in [0.2, 0.25) is 0 Å². The van der Waals surface area contributed by atoms with E-state index in [1.54, 1.807) is 18.3 Å². The van der Waals surface area contributed by atoms with Gasteiger partial charge < -0.3 is 15.4 Å². The van der Waals surface area contributed by atoms with E-state index in [0.717, 1.165) is 32.2 Å². The molecular formula is C20H26N4O2. The molecule has 4 rings (SSSR count). The molecule has 1 spiro atoms. The lowest BCUT2D eigenvalue weighted by molar-refractivity contribution is -0.129. The molecule has 26 heavy (non-hydrogen) atoms. The lowest BCUT2D eigenvalue weighted by Crippen LogP contribution is -2.43. The second kappa shape index (κ2) is 7.24. The Kier molecular flexibility index (Phi) is 4.82. The number of rotatable bonds is 6. The van der Waals surface area contributed by atoms with Crippen molar-refractivity contribution in [2.24, 2.45) is 5.92 Å². The van der Waals surface area contributed by atoms with Crippen LogP contribution in [-0.4, -0.2) is 35.2 Å². The predicted molar refractivity (Wildman–Crippen MR) is 97.4 cm³/mol. The second-order valence-electron chi connectivity index (χ2n) is 8.01. The molecule has 1 aromatic rings. The maximum absolute atomic E-state index is 12.2. The summed E-state index contributed by atoms with van der Waals surface area (Å²) in [6.45, 7) is 0.724. The van der Waals surface area contributed by atoms with Crippen molar-refractivity contribution in [1.29, 1.82) is 5.26 Å². The number of nitrogens with one attached hydrogen (secondary N) is 2. The first-order chi connectivity index (χ1) is 12.7. The molecule has 1 amide bonds. The molecule has 6 nitrogen and oxygen atoms in total. The lowest BCUT2D eigenvalue weighted by atomic mass is 9.78. The fraction of sp³-hybridized carbons (Fsp3) is 0.650. The van der Waals surface area contributed by atoms with E-state index in [1.807, 2.05) is 0 Å². The number of carbonyl (C=O) groups excluding carboxylic acids is 1. The monoisotopic (exact) mass is 354 g/mol. The van der Waals surface area contributed by atoms with E-state index in [1.165, 1.54) is 19.3 Å². The minimum absolute atomic E-state index is 0.110. The SMILES string of the molecule is N#Cc1cccnc1NC1CC(CNC(=O)CC2CCC3(CCC3)O2)C1. The summed E-state index contributed by atoms with van der Waals surface area (Å²) >= 11 is 0. The largest absolute Gasteiger partial charge is 0.371 e. The van der Waals surface area contributed by atoms with Gasteiger partial charge in [-0.05, 0) is 63.0 Å². The Morgan fingerprint density at radius 3 is 2.92 bits per heavy atom. The van der Waals surface area contributed by atoms with Gasteiger partial charge in [-0.25, -0.2) is 4.98 Å². The number of hydrogen-bond acceptors (Lipinski definition) is 5. The van der Waals surface area contributed by atoms with Crippen LogP contribution in [0.15, 0.2) is 18.3 Å². The maximum Gasteiger partial charge on any atom is 0.222 e. The van der Waals surface area contributed by atoms with E-state index >= 15 is 0 Å². The third-order valence-corrected chi connectivity index (χ3v) is 6.11. The van der Waals surface area contributed by atoms with Gasteiger partial charge in [0, 0.05) is 18.8 Å². The maximum atomic E-state index is 12.2. The van der Waals surface area contributed by atoms with Gasteiger partial charge in [-0.3, -0.25) is 4.79 Å². The smallest absolute Gasteiger partial charge is 0.222 e. The van der Waals surface area contributed by atoms with E-state index in [2.05, 4.69) is 21.7 Å². The first-order valence-electron chi connectivity index (χ1n) is 9.72. The highest BCUT2D eigenvalue weighted by molar-refractivity contribution is 5.76. The van der Waals surface area contributed by atoms with Gasteiger partial charge in [-0.2, -0.15) is 5.26 Å². The normalized spacial score (nSPS) is 28.7. The van der Waals surface area contributed by atoms with Crippen LogP contribution in [0.25, 0.3) is 0 Å². The first-order valence-corrected chi connectivity index (χ1v) is 9.72. The molecule has 2 saturated carbocycles. The van der Waals surface area contributed by atoms with Gasteiger partial charge in [0.05, 0.1) is 23.7 Å². The molecule has 138 valence electrons. The summed E-state index contributed by atoms with van der Waals surface area (Å²) in [5.41, 5.74) is 0.705. The highest BCUT2D eigenvalue weighted by atomic mass is 16.5. The van der Waals surface area contributed by atoms with Gasteiger partial charge in [0.15, 0.2) is 0 Å². The minimum atomic E-state index is 0.110. The number of aromatic nitrogens is 1. The summed E-state index contributed by atoms with van der Waals surface area (Å²) < 4.78 is 6.10. The summed E-state index contributed by atoms with van der Waals surface area (Å²) in [5, 5.41) is 15.5. The average molecular weight is 354 g/mol. The molecule has 6 heteroatoms. The zero-order chi connectivity index (χ0) is 18.0. The summed E-state index contributed by atoms with van der Waals surface area (Å²) in [5.74, 6) is 1.26. The van der Waals surface area contributed by atoms with Gasteiger partial charge >= 0.3 is 0 Å². The topological polar surface area (TPSA) is 87.0 Å². The average Bonchev–Trinajstić information content (AvgIpc) is 3.01. The molecule has 0 aromatic carbocycles. The van der Waals surface area contributed by atoms with Crippen LogP contribution in [0.4, 0.5) is 5.82 Å². The molecule has 1 atom stereocenters. The van der Waals surface area contributed by atoms with Crippen LogP contribution in [0.1, 0.15) is 56.9 Å². The standard InChI is InChI=1S/C20H26N4O2/c21-12-15-3-1-8-22-19(15)24-16-9-14(10-16)13-23-18(25)11-17-4-7-20(26-17)5-2-6-20/h1,3,8,14,16-17H,2,4-7,9-11,13H2,(H,22,24)(H,23,25). The molecule has 1 aliphatic heterocycles. The summed E-state index contributed by atoms with van der Waals surface area (Å²) in [6.07, 6.45) is 10.0. The summed E-state index contributed by atoms with van der Waals surface area (Å²) in [7, 11) is 0. The van der Waals surface area contributed by atoms with E-state index in [4.69, 9.17) is 10.00 Å². The summed E-state index contributed by atoms with van der Waals surface area (Å²) in [4.78, 5) is 16.4. The predicted octanol–water partition coefficient (Wildman–Crippen LogP) is 2.75. The number of amides is 1. The molecular weight excluding hydrogens is 328 g/mol. The lowest BCUT2D eigenvalue weighted by Gasteiger charge is -2.38. The van der Waals surface area contributed by atoms with Crippen LogP contribution >= 0.6 is 0 Å². The Bertz CT molecular complexity index is 704. The van der Waals surface area contributed by atoms with E-state index in [9.17, 15) is 4.79 Å². The second-order valence-corrected chi connectivity index (χ2v) is 8.01. The Labute approximate surface area is 154 Å².